The molecule has 0 aliphatic heterocycles. The highest BCUT2D eigenvalue weighted by Gasteiger charge is 2.15. The van der Waals surface area contributed by atoms with Crippen LogP contribution in [0.3, 0.4) is 0 Å². The van der Waals surface area contributed by atoms with Crippen LogP contribution in [0.1, 0.15) is 17.0 Å². The largest absolute Gasteiger partial charge is 0.481 e. The SMILES string of the molecule is CSc1nc2nc(C)c(CC(=O)O)c(C)n2n1. The zero-order valence-corrected chi connectivity index (χ0v) is 10.6. The predicted octanol–water partition coefficient (Wildman–Crippen LogP) is 1.09. The van der Waals surface area contributed by atoms with E-state index in [1.807, 2.05) is 13.2 Å². The number of aryl methyl sites for hydroxylation is 2. The van der Waals surface area contributed by atoms with Gasteiger partial charge in [-0.3, -0.25) is 4.79 Å². The number of nitrogens with zero attached hydrogens (tertiary/aromatic N) is 4. The van der Waals surface area contributed by atoms with Crippen LogP contribution in [-0.4, -0.2) is 36.9 Å². The molecule has 0 amide bonds. The second-order valence-corrected chi connectivity index (χ2v) is 4.42. The molecule has 0 aliphatic carbocycles. The number of carboxylic acids is 1. The van der Waals surface area contributed by atoms with E-state index in [0.717, 1.165) is 5.69 Å². The van der Waals surface area contributed by atoms with E-state index in [1.165, 1.54) is 11.8 Å². The fraction of sp³-hybridized carbons (Fsp3) is 0.400. The van der Waals surface area contributed by atoms with E-state index < -0.39 is 5.97 Å². The number of thioether (sulfide) groups is 1. The van der Waals surface area contributed by atoms with Crippen molar-refractivity contribution in [3.05, 3.63) is 17.0 Å². The molecule has 0 aromatic carbocycles. The van der Waals surface area contributed by atoms with Crippen LogP contribution in [0.5, 0.6) is 0 Å². The van der Waals surface area contributed by atoms with Crippen molar-refractivity contribution in [1.29, 1.82) is 0 Å². The zero-order valence-electron chi connectivity index (χ0n) is 9.76. The summed E-state index contributed by atoms with van der Waals surface area (Å²) in [4.78, 5) is 19.3. The summed E-state index contributed by atoms with van der Waals surface area (Å²) in [5.74, 6) is -0.360. The number of carbonyl (C=O) groups is 1. The van der Waals surface area contributed by atoms with Gasteiger partial charge >= 0.3 is 5.97 Å². The van der Waals surface area contributed by atoms with Crippen molar-refractivity contribution in [3.63, 3.8) is 0 Å². The molecule has 0 saturated heterocycles. The first kappa shape index (κ1) is 11.8. The van der Waals surface area contributed by atoms with Crippen LogP contribution in [0.15, 0.2) is 5.16 Å². The lowest BCUT2D eigenvalue weighted by molar-refractivity contribution is -0.136. The van der Waals surface area contributed by atoms with Crippen LogP contribution < -0.4 is 0 Å². The molecule has 0 saturated carbocycles. The minimum absolute atomic E-state index is 0.0466. The minimum atomic E-state index is -0.873. The highest BCUT2D eigenvalue weighted by Crippen LogP contribution is 2.16. The molecule has 17 heavy (non-hydrogen) atoms. The molecule has 2 aromatic rings. The van der Waals surface area contributed by atoms with Crippen molar-refractivity contribution in [1.82, 2.24) is 19.6 Å². The number of rotatable bonds is 3. The van der Waals surface area contributed by atoms with Crippen molar-refractivity contribution in [2.24, 2.45) is 0 Å². The highest BCUT2D eigenvalue weighted by atomic mass is 32.2. The van der Waals surface area contributed by atoms with Gasteiger partial charge in [0.15, 0.2) is 0 Å². The second kappa shape index (κ2) is 4.33. The lowest BCUT2D eigenvalue weighted by atomic mass is 10.1. The summed E-state index contributed by atoms with van der Waals surface area (Å²) in [5.41, 5.74) is 2.17. The van der Waals surface area contributed by atoms with Crippen LogP contribution in [0.25, 0.3) is 5.78 Å². The standard InChI is InChI=1S/C10H12N4O2S/c1-5-7(4-8(15)16)6(2)14-9(11-5)12-10(13-14)17-3/h4H2,1-3H3,(H,15,16). The molecule has 0 unspecified atom stereocenters. The first-order valence-electron chi connectivity index (χ1n) is 5.01. The van der Waals surface area contributed by atoms with Gasteiger partial charge in [0.1, 0.15) is 0 Å². The van der Waals surface area contributed by atoms with Gasteiger partial charge in [0.05, 0.1) is 6.42 Å². The van der Waals surface area contributed by atoms with E-state index >= 15 is 0 Å². The van der Waals surface area contributed by atoms with Gasteiger partial charge in [0.2, 0.25) is 5.16 Å². The Balaban J connectivity index is 2.65. The lowest BCUT2D eigenvalue weighted by Crippen LogP contribution is -2.10. The highest BCUT2D eigenvalue weighted by molar-refractivity contribution is 7.98. The third kappa shape index (κ3) is 2.10. The first-order valence-corrected chi connectivity index (χ1v) is 6.24. The Morgan fingerprint density at radius 3 is 2.71 bits per heavy atom. The van der Waals surface area contributed by atoms with Gasteiger partial charge in [0, 0.05) is 17.0 Å². The van der Waals surface area contributed by atoms with Gasteiger partial charge in [-0.2, -0.15) is 4.98 Å². The normalized spacial score (nSPS) is 11.0. The fourth-order valence-corrected chi connectivity index (χ4v) is 2.02. The van der Waals surface area contributed by atoms with Gasteiger partial charge < -0.3 is 5.11 Å². The molecule has 0 radical (unpaired) electrons. The number of hydrogen-bond acceptors (Lipinski definition) is 5. The molecule has 0 atom stereocenters. The molecule has 2 heterocycles. The number of carboxylic acid groups (broad SMARTS) is 1. The van der Waals surface area contributed by atoms with E-state index in [2.05, 4.69) is 15.1 Å². The molecule has 2 rings (SSSR count). The van der Waals surface area contributed by atoms with E-state index in [9.17, 15) is 4.79 Å². The maximum Gasteiger partial charge on any atom is 0.307 e. The molecule has 90 valence electrons. The third-order valence-corrected chi connectivity index (χ3v) is 3.08. The van der Waals surface area contributed by atoms with Gasteiger partial charge in [-0.05, 0) is 20.1 Å². The summed E-state index contributed by atoms with van der Waals surface area (Å²) < 4.78 is 1.59. The molecule has 6 nitrogen and oxygen atoms in total. The van der Waals surface area contributed by atoms with Crippen molar-refractivity contribution >= 4 is 23.5 Å². The molecule has 0 aliphatic rings. The Labute approximate surface area is 102 Å². The monoisotopic (exact) mass is 252 g/mol. The molecule has 0 fully saturated rings. The van der Waals surface area contributed by atoms with Crippen LogP contribution in [0.4, 0.5) is 0 Å². The van der Waals surface area contributed by atoms with Crippen molar-refractivity contribution in [2.75, 3.05) is 6.26 Å². The Morgan fingerprint density at radius 2 is 2.12 bits per heavy atom. The summed E-state index contributed by atoms with van der Waals surface area (Å²) in [7, 11) is 0. The molecule has 0 spiro atoms. The molecule has 2 aromatic heterocycles. The molecule has 1 N–H and O–H groups in total. The quantitative estimate of drug-likeness (QED) is 0.824. The van der Waals surface area contributed by atoms with Crippen molar-refractivity contribution in [2.45, 2.75) is 25.4 Å². The van der Waals surface area contributed by atoms with Gasteiger partial charge in [-0.25, -0.2) is 9.50 Å². The number of hydrogen-bond donors (Lipinski definition) is 1. The van der Waals surface area contributed by atoms with Crippen LogP contribution in [-0.2, 0) is 11.2 Å². The fourth-order valence-electron chi connectivity index (χ4n) is 1.68. The number of fused-ring (bicyclic) bond motifs is 1. The van der Waals surface area contributed by atoms with E-state index in [0.29, 0.717) is 22.2 Å². The van der Waals surface area contributed by atoms with Gasteiger partial charge in [-0.1, -0.05) is 11.8 Å². The van der Waals surface area contributed by atoms with Crippen molar-refractivity contribution < 1.29 is 9.90 Å². The molecule has 0 bridgehead atoms. The minimum Gasteiger partial charge on any atom is -0.481 e. The smallest absolute Gasteiger partial charge is 0.307 e. The summed E-state index contributed by atoms with van der Waals surface area (Å²) >= 11 is 1.43. The Bertz CT molecular complexity index is 593. The third-order valence-electron chi connectivity index (χ3n) is 2.54. The zero-order chi connectivity index (χ0) is 12.6. The van der Waals surface area contributed by atoms with E-state index in [4.69, 9.17) is 5.11 Å². The molecular weight excluding hydrogens is 240 g/mol. The van der Waals surface area contributed by atoms with Gasteiger partial charge in [0.25, 0.3) is 5.78 Å². The first-order chi connectivity index (χ1) is 8.02. The van der Waals surface area contributed by atoms with Crippen LogP contribution in [0, 0.1) is 13.8 Å². The average Bonchev–Trinajstić information content (AvgIpc) is 2.67. The predicted molar refractivity (Wildman–Crippen MR) is 63.4 cm³/mol. The van der Waals surface area contributed by atoms with Crippen LogP contribution >= 0.6 is 11.8 Å². The molecular formula is C10H12N4O2S. The number of aromatic nitrogens is 4. The summed E-state index contributed by atoms with van der Waals surface area (Å²) in [6, 6.07) is 0. The lowest BCUT2D eigenvalue weighted by Gasteiger charge is -2.07. The summed E-state index contributed by atoms with van der Waals surface area (Å²) in [6.45, 7) is 3.62. The van der Waals surface area contributed by atoms with Crippen molar-refractivity contribution in [3.8, 4) is 0 Å². The Hall–Kier alpha value is -1.63. The van der Waals surface area contributed by atoms with Gasteiger partial charge in [-0.15, -0.1) is 5.10 Å². The Kier molecular flexibility index (Phi) is 3.01. The van der Waals surface area contributed by atoms with Crippen LogP contribution in [0.2, 0.25) is 0 Å². The average molecular weight is 252 g/mol. The maximum absolute atomic E-state index is 10.8. The molecule has 7 heteroatoms. The van der Waals surface area contributed by atoms with E-state index in [1.54, 1.807) is 11.4 Å². The summed E-state index contributed by atoms with van der Waals surface area (Å²) in [6.07, 6.45) is 1.84. The summed E-state index contributed by atoms with van der Waals surface area (Å²) in [5, 5.41) is 13.7. The second-order valence-electron chi connectivity index (χ2n) is 3.64. The van der Waals surface area contributed by atoms with E-state index in [-0.39, 0.29) is 6.42 Å². The topological polar surface area (TPSA) is 80.4 Å². The maximum atomic E-state index is 10.8. The number of aliphatic carboxylic acids is 1. The Morgan fingerprint density at radius 1 is 1.41 bits per heavy atom.